The van der Waals surface area contributed by atoms with E-state index in [-0.39, 0.29) is 23.8 Å². The third kappa shape index (κ3) is 3.21. The van der Waals surface area contributed by atoms with Crippen molar-refractivity contribution < 1.29 is 4.79 Å². The topological polar surface area (TPSA) is 97.3 Å². The molecule has 2 atom stereocenters. The van der Waals surface area contributed by atoms with Crippen molar-refractivity contribution in [1.82, 2.24) is 10.3 Å². The number of hydrogen-bond donors (Lipinski definition) is 3. The van der Waals surface area contributed by atoms with E-state index in [1.54, 1.807) is 6.92 Å². The van der Waals surface area contributed by atoms with Gasteiger partial charge in [0.25, 0.3) is 5.91 Å². The molecule has 2 unspecified atom stereocenters. The number of carbonyl (C=O) groups is 1. The van der Waals surface area contributed by atoms with Crippen molar-refractivity contribution in [3.63, 3.8) is 0 Å². The Morgan fingerprint density at radius 1 is 1.70 bits per heavy atom. The van der Waals surface area contributed by atoms with Crippen molar-refractivity contribution in [1.29, 1.82) is 0 Å². The number of anilines is 2. The van der Waals surface area contributed by atoms with Gasteiger partial charge in [-0.25, -0.2) is 4.98 Å². The lowest BCUT2D eigenvalue weighted by atomic mass is 10.1. The summed E-state index contributed by atoms with van der Waals surface area (Å²) < 4.78 is 0. The summed E-state index contributed by atoms with van der Waals surface area (Å²) in [4.78, 5) is 18.8. The minimum absolute atomic E-state index is 0.146. The van der Waals surface area contributed by atoms with Gasteiger partial charge in [-0.1, -0.05) is 17.3 Å². The summed E-state index contributed by atoms with van der Waals surface area (Å²) in [6.45, 7) is 3.37. The van der Waals surface area contributed by atoms with E-state index in [0.717, 1.165) is 31.1 Å². The molecule has 6 nitrogen and oxygen atoms in total. The second-order valence-corrected chi connectivity index (χ2v) is 5.90. The van der Waals surface area contributed by atoms with E-state index in [0.29, 0.717) is 4.88 Å². The fourth-order valence-electron chi connectivity index (χ4n) is 2.11. The zero-order chi connectivity index (χ0) is 14.7. The Balaban J connectivity index is 2.13. The molecule has 108 valence electrons. The van der Waals surface area contributed by atoms with E-state index >= 15 is 0 Å². The van der Waals surface area contributed by atoms with Gasteiger partial charge < -0.3 is 21.7 Å². The maximum atomic E-state index is 12.0. The van der Waals surface area contributed by atoms with Crippen LogP contribution in [-0.4, -0.2) is 36.1 Å². The van der Waals surface area contributed by atoms with Gasteiger partial charge in [0.15, 0.2) is 5.13 Å². The van der Waals surface area contributed by atoms with Crippen molar-refractivity contribution in [3.8, 4) is 12.3 Å². The van der Waals surface area contributed by atoms with E-state index in [9.17, 15) is 4.79 Å². The number of hydrogen-bond acceptors (Lipinski definition) is 6. The summed E-state index contributed by atoms with van der Waals surface area (Å²) in [6, 6.07) is -0.191. The first-order valence-corrected chi connectivity index (χ1v) is 7.36. The van der Waals surface area contributed by atoms with Crippen molar-refractivity contribution in [2.24, 2.45) is 5.73 Å². The Bertz CT molecular complexity index is 535. The molecule has 0 saturated carbocycles. The van der Waals surface area contributed by atoms with Crippen molar-refractivity contribution in [2.45, 2.75) is 31.8 Å². The lowest BCUT2D eigenvalue weighted by Gasteiger charge is -2.30. The van der Waals surface area contributed by atoms with Crippen LogP contribution in [0.4, 0.5) is 10.9 Å². The third-order valence-electron chi connectivity index (χ3n) is 3.17. The van der Waals surface area contributed by atoms with Gasteiger partial charge in [0.05, 0.1) is 6.04 Å². The first-order chi connectivity index (χ1) is 9.51. The molecule has 0 radical (unpaired) electrons. The molecule has 1 aliphatic rings. The molecule has 20 heavy (non-hydrogen) atoms. The van der Waals surface area contributed by atoms with Gasteiger partial charge in [-0.3, -0.25) is 4.79 Å². The predicted molar refractivity (Wildman–Crippen MR) is 81.7 cm³/mol. The van der Waals surface area contributed by atoms with Crippen molar-refractivity contribution in [2.75, 3.05) is 23.7 Å². The number of amides is 1. The van der Waals surface area contributed by atoms with Crippen LogP contribution in [0.15, 0.2) is 0 Å². The van der Waals surface area contributed by atoms with Crippen LogP contribution in [0.3, 0.4) is 0 Å². The smallest absolute Gasteiger partial charge is 0.266 e. The predicted octanol–water partition coefficient (Wildman–Crippen LogP) is 0.404. The van der Waals surface area contributed by atoms with E-state index in [4.69, 9.17) is 17.9 Å². The molecule has 0 aromatic carbocycles. The van der Waals surface area contributed by atoms with Gasteiger partial charge in [0.2, 0.25) is 0 Å². The Kier molecular flexibility index (Phi) is 4.47. The SMILES string of the molecule is C#CC(C)NC(=O)c1sc(N2CCCC(N)C2)nc1N. The Labute approximate surface area is 122 Å². The number of nitrogens with one attached hydrogen (secondary N) is 1. The molecule has 1 amide bonds. The molecule has 1 saturated heterocycles. The molecule has 7 heteroatoms. The van der Waals surface area contributed by atoms with Crippen LogP contribution in [-0.2, 0) is 0 Å². The molecule has 0 spiro atoms. The Morgan fingerprint density at radius 2 is 2.45 bits per heavy atom. The molecule has 0 aliphatic carbocycles. The number of rotatable bonds is 3. The molecule has 1 aromatic rings. The highest BCUT2D eigenvalue weighted by molar-refractivity contribution is 7.18. The van der Waals surface area contributed by atoms with Crippen LogP contribution in [0.25, 0.3) is 0 Å². The normalized spacial score (nSPS) is 20.2. The fraction of sp³-hybridized carbons (Fsp3) is 0.538. The van der Waals surface area contributed by atoms with Crippen molar-refractivity contribution >= 4 is 28.2 Å². The van der Waals surface area contributed by atoms with Crippen LogP contribution in [0.5, 0.6) is 0 Å². The van der Waals surface area contributed by atoms with E-state index in [1.807, 2.05) is 0 Å². The second-order valence-electron chi connectivity index (χ2n) is 4.92. The molecule has 1 aromatic heterocycles. The first-order valence-electron chi connectivity index (χ1n) is 6.55. The zero-order valence-electron chi connectivity index (χ0n) is 11.4. The average Bonchev–Trinajstić information content (AvgIpc) is 2.80. The third-order valence-corrected chi connectivity index (χ3v) is 4.30. The number of thiazole rings is 1. The number of nitrogens with zero attached hydrogens (tertiary/aromatic N) is 2. The van der Waals surface area contributed by atoms with Gasteiger partial charge in [-0.15, -0.1) is 6.42 Å². The lowest BCUT2D eigenvalue weighted by molar-refractivity contribution is 0.0953. The van der Waals surface area contributed by atoms with Gasteiger partial charge in [-0.2, -0.15) is 0 Å². The van der Waals surface area contributed by atoms with E-state index in [1.165, 1.54) is 11.3 Å². The largest absolute Gasteiger partial charge is 0.382 e. The van der Waals surface area contributed by atoms with E-state index < -0.39 is 0 Å². The Morgan fingerprint density at radius 3 is 3.10 bits per heavy atom. The maximum Gasteiger partial charge on any atom is 0.266 e. The van der Waals surface area contributed by atoms with E-state index in [2.05, 4.69) is 21.1 Å². The molecule has 5 N–H and O–H groups in total. The van der Waals surface area contributed by atoms with Crippen LogP contribution in [0, 0.1) is 12.3 Å². The standard InChI is InChI=1S/C13H19N5OS/c1-3-8(2)16-12(19)10-11(15)17-13(20-10)18-6-4-5-9(14)7-18/h1,8-9H,4-7,14-15H2,2H3,(H,16,19). The number of carbonyl (C=O) groups excluding carboxylic acids is 1. The van der Waals surface area contributed by atoms with Crippen LogP contribution < -0.4 is 21.7 Å². The minimum atomic E-state index is -0.337. The first kappa shape index (κ1) is 14.6. The van der Waals surface area contributed by atoms with Gasteiger partial charge in [0.1, 0.15) is 10.7 Å². The summed E-state index contributed by atoms with van der Waals surface area (Å²) in [5.41, 5.74) is 11.8. The van der Waals surface area contributed by atoms with Crippen LogP contribution in [0.2, 0.25) is 0 Å². The molecule has 1 aliphatic heterocycles. The molecule has 2 heterocycles. The molecular formula is C13H19N5OS. The number of aromatic nitrogens is 1. The van der Waals surface area contributed by atoms with Gasteiger partial charge in [0, 0.05) is 19.1 Å². The van der Waals surface area contributed by atoms with Crippen LogP contribution >= 0.6 is 11.3 Å². The number of terminal acetylenes is 1. The lowest BCUT2D eigenvalue weighted by Crippen LogP contribution is -2.42. The molecule has 1 fully saturated rings. The minimum Gasteiger partial charge on any atom is -0.382 e. The van der Waals surface area contributed by atoms with Crippen molar-refractivity contribution in [3.05, 3.63) is 4.88 Å². The summed E-state index contributed by atoms with van der Waals surface area (Å²) in [7, 11) is 0. The highest BCUT2D eigenvalue weighted by atomic mass is 32.1. The maximum absolute atomic E-state index is 12.0. The van der Waals surface area contributed by atoms with Crippen LogP contribution in [0.1, 0.15) is 29.4 Å². The summed E-state index contributed by atoms with van der Waals surface area (Å²) in [5, 5.41) is 3.43. The second kappa shape index (κ2) is 6.11. The zero-order valence-corrected chi connectivity index (χ0v) is 12.2. The molecule has 2 rings (SSSR count). The Hall–Kier alpha value is -1.78. The van der Waals surface area contributed by atoms with Gasteiger partial charge >= 0.3 is 0 Å². The quantitative estimate of drug-likeness (QED) is 0.701. The molecule has 0 bridgehead atoms. The summed E-state index contributed by atoms with van der Waals surface area (Å²) >= 11 is 1.28. The van der Waals surface area contributed by atoms with Gasteiger partial charge in [-0.05, 0) is 19.8 Å². The summed E-state index contributed by atoms with van der Waals surface area (Å²) in [5.74, 6) is 2.41. The highest BCUT2D eigenvalue weighted by Gasteiger charge is 2.23. The number of nitrogen functional groups attached to an aromatic ring is 1. The average molecular weight is 293 g/mol. The number of piperidine rings is 1. The fourth-order valence-corrected chi connectivity index (χ4v) is 3.03. The number of nitrogens with two attached hydrogens (primary N) is 2. The monoisotopic (exact) mass is 293 g/mol. The molecular weight excluding hydrogens is 274 g/mol. The highest BCUT2D eigenvalue weighted by Crippen LogP contribution is 2.29. The summed E-state index contributed by atoms with van der Waals surface area (Å²) in [6.07, 6.45) is 7.29.